The lowest BCUT2D eigenvalue weighted by Crippen LogP contribution is -2.63. The second-order valence-electron chi connectivity index (χ2n) is 23.8. The molecule has 6 aromatic rings. The van der Waals surface area contributed by atoms with Crippen LogP contribution in [0.15, 0.2) is 72.3 Å². The number of pyridine rings is 1. The molecule has 0 saturated carbocycles. The maximum atomic E-state index is 14.4. The number of carbonyl (C=O) groups excluding carboxylic acids is 2. The molecule has 22 heteroatoms. The van der Waals surface area contributed by atoms with Crippen molar-refractivity contribution in [2.24, 2.45) is 0 Å². The molecule has 3 fully saturated rings. The highest BCUT2D eigenvalue weighted by Gasteiger charge is 2.42. The summed E-state index contributed by atoms with van der Waals surface area (Å²) in [6.45, 7) is 26.5. The highest BCUT2D eigenvalue weighted by Crippen LogP contribution is 2.41. The number of sulfone groups is 1. The molecule has 4 aromatic heterocycles. The van der Waals surface area contributed by atoms with E-state index in [-0.39, 0.29) is 58.4 Å². The van der Waals surface area contributed by atoms with Gasteiger partial charge in [0, 0.05) is 143 Å². The highest BCUT2D eigenvalue weighted by atomic mass is 32.2. The largest absolute Gasteiger partial charge is 0.492 e. The third kappa shape index (κ3) is 12.1. The van der Waals surface area contributed by atoms with Crippen LogP contribution in [0.5, 0.6) is 5.75 Å². The van der Waals surface area contributed by atoms with Crippen LogP contribution in [0.4, 0.5) is 27.7 Å². The van der Waals surface area contributed by atoms with Crippen LogP contribution in [0.2, 0.25) is 0 Å². The number of hydrogen-bond acceptors (Lipinski definition) is 17. The minimum Gasteiger partial charge on any atom is -0.492 e. The normalized spacial score (nSPS) is 20.3. The Labute approximate surface area is 468 Å². The maximum Gasteiger partial charge on any atom is 0.257 e. The molecule has 0 radical (unpaired) electrons. The SMILES string of the molecule is Cc1[nH]nc(Nc2ncnc3cc(OCCCN4CCN(c5ncc(C(=O)N6CCN(C[C@H]7CN[C@H](C)CN7CC(=O)N7CC(C)(C)c8ncc(Cc9ccc(F)cc9)cc87)[C@H](C)C6)cn5)CC4)c(S(=O)(=O)C(C)(C)C)cc23)c1C. The molecule has 0 unspecified atom stereocenters. The Morgan fingerprint density at radius 3 is 2.33 bits per heavy atom. The summed E-state index contributed by atoms with van der Waals surface area (Å²) in [5.41, 5.74) is 6.28. The molecule has 3 N–H and O–H groups in total. The van der Waals surface area contributed by atoms with Gasteiger partial charge in [-0.2, -0.15) is 5.10 Å². The lowest BCUT2D eigenvalue weighted by Gasteiger charge is -2.45. The smallest absolute Gasteiger partial charge is 0.257 e. The second-order valence-corrected chi connectivity index (χ2v) is 26.4. The third-order valence-electron chi connectivity index (χ3n) is 16.3. The number of amides is 2. The van der Waals surface area contributed by atoms with Crippen molar-refractivity contribution in [2.45, 2.75) is 108 Å². The van der Waals surface area contributed by atoms with Crippen LogP contribution >= 0.6 is 0 Å². The summed E-state index contributed by atoms with van der Waals surface area (Å²) in [7, 11) is -3.83. The van der Waals surface area contributed by atoms with E-state index in [1.807, 2.05) is 29.8 Å². The number of aromatic amines is 1. The molecule has 2 amide bonds. The fourth-order valence-corrected chi connectivity index (χ4v) is 12.6. The van der Waals surface area contributed by atoms with Gasteiger partial charge in [0.15, 0.2) is 15.7 Å². The van der Waals surface area contributed by atoms with Crippen molar-refractivity contribution in [1.29, 1.82) is 0 Å². The standard InChI is InChI=1S/C58H76FN15O5S/c1-37-31-73(34-51(75)74-35-58(8,9)52-48(74)24-42(27-61-52)23-41-11-13-44(59)14-12-41)45(30-60-37)33-71-20-21-72(32-38(71)2)55(76)43-28-62-56(63-29-43)70-18-16-69(17-19-70)15-10-22-79-49-26-47-46(25-50(49)80(77,78)57(5,6)7)54(65-36-64-47)66-53-39(3)40(4)67-68-53/h11-14,24-29,36-38,45,60H,10,15-23,30-35H2,1-9H3,(H2,64,65,66,67,68)/t37-,38-,45-/m1/s1. The topological polar surface area (TPSA) is 214 Å². The van der Waals surface area contributed by atoms with Crippen LogP contribution in [-0.4, -0.2) is 190 Å². The van der Waals surface area contributed by atoms with Crippen molar-refractivity contribution < 1.29 is 27.1 Å². The molecule has 3 atom stereocenters. The van der Waals surface area contributed by atoms with E-state index in [2.05, 4.69) is 94.1 Å². The predicted octanol–water partition coefficient (Wildman–Crippen LogP) is 5.92. The van der Waals surface area contributed by atoms with Gasteiger partial charge in [0.1, 0.15) is 28.6 Å². The first-order valence-electron chi connectivity index (χ1n) is 27.9. The van der Waals surface area contributed by atoms with Crippen LogP contribution in [0.3, 0.4) is 0 Å². The van der Waals surface area contributed by atoms with Gasteiger partial charge in [-0.15, -0.1) is 0 Å². The molecule has 2 aromatic carbocycles. The third-order valence-corrected chi connectivity index (χ3v) is 18.8. The number of aromatic nitrogens is 7. The molecule has 20 nitrogen and oxygen atoms in total. The summed E-state index contributed by atoms with van der Waals surface area (Å²) in [6, 6.07) is 12.3. The molecule has 10 rings (SSSR count). The number of carbonyl (C=O) groups is 2. The van der Waals surface area contributed by atoms with Crippen LogP contribution < -0.4 is 25.2 Å². The van der Waals surface area contributed by atoms with E-state index in [0.717, 1.165) is 73.0 Å². The summed E-state index contributed by atoms with van der Waals surface area (Å²) in [4.78, 5) is 64.5. The minimum atomic E-state index is -3.83. The van der Waals surface area contributed by atoms with E-state index in [9.17, 15) is 22.4 Å². The molecule has 4 aliphatic rings. The van der Waals surface area contributed by atoms with E-state index >= 15 is 0 Å². The first-order chi connectivity index (χ1) is 38.1. The molecular weight excluding hydrogens is 1040 g/mol. The van der Waals surface area contributed by atoms with Gasteiger partial charge >= 0.3 is 0 Å². The van der Waals surface area contributed by atoms with Gasteiger partial charge in [-0.05, 0) is 96.7 Å². The number of piperazine rings is 3. The van der Waals surface area contributed by atoms with Gasteiger partial charge in [-0.1, -0.05) is 26.0 Å². The van der Waals surface area contributed by atoms with Crippen LogP contribution in [-0.2, 0) is 26.5 Å². The zero-order chi connectivity index (χ0) is 56.7. The van der Waals surface area contributed by atoms with Crippen molar-refractivity contribution in [2.75, 3.05) is 107 Å². The number of fused-ring (bicyclic) bond motifs is 2. The first kappa shape index (κ1) is 56.6. The molecule has 0 aliphatic carbocycles. The Balaban J connectivity index is 0.692. The summed E-state index contributed by atoms with van der Waals surface area (Å²) in [6.07, 6.45) is 7.87. The highest BCUT2D eigenvalue weighted by molar-refractivity contribution is 7.92. The molecule has 80 heavy (non-hydrogen) atoms. The molecule has 426 valence electrons. The number of H-pyrrole nitrogens is 1. The zero-order valence-corrected chi connectivity index (χ0v) is 48.4. The van der Waals surface area contributed by atoms with Gasteiger partial charge in [0.05, 0.1) is 40.4 Å². The summed E-state index contributed by atoms with van der Waals surface area (Å²) in [5.74, 6) is 1.59. The Morgan fingerprint density at radius 1 is 0.875 bits per heavy atom. The number of benzene rings is 2. The lowest BCUT2D eigenvalue weighted by atomic mass is 9.91. The predicted molar refractivity (Wildman–Crippen MR) is 307 cm³/mol. The molecule has 4 aliphatic heterocycles. The van der Waals surface area contributed by atoms with E-state index in [4.69, 9.17) is 9.72 Å². The van der Waals surface area contributed by atoms with Gasteiger partial charge in [0.2, 0.25) is 11.9 Å². The number of aryl methyl sites for hydroxylation is 1. The summed E-state index contributed by atoms with van der Waals surface area (Å²) < 4.78 is 46.8. The van der Waals surface area contributed by atoms with E-state index < -0.39 is 14.6 Å². The van der Waals surface area contributed by atoms with Gasteiger partial charge in [-0.3, -0.25) is 34.4 Å². The van der Waals surface area contributed by atoms with Crippen molar-refractivity contribution in [3.05, 3.63) is 107 Å². The minimum absolute atomic E-state index is 0.0533. The van der Waals surface area contributed by atoms with Crippen molar-refractivity contribution in [3.8, 4) is 5.75 Å². The first-order valence-corrected chi connectivity index (χ1v) is 29.4. The van der Waals surface area contributed by atoms with Gasteiger partial charge in [0.25, 0.3) is 5.91 Å². The fraction of sp³-hybridized carbons (Fsp3) is 0.517. The number of halogens is 1. The summed E-state index contributed by atoms with van der Waals surface area (Å²) >= 11 is 0. The Kier molecular flexibility index (Phi) is 16.3. The maximum absolute atomic E-state index is 14.4. The van der Waals surface area contributed by atoms with Crippen LogP contribution in [0, 0.1) is 19.7 Å². The lowest BCUT2D eigenvalue weighted by molar-refractivity contribution is -0.121. The summed E-state index contributed by atoms with van der Waals surface area (Å²) in [5, 5.41) is 14.7. The fourth-order valence-electron chi connectivity index (χ4n) is 11.3. The Bertz CT molecular complexity index is 3330. The molecule has 0 spiro atoms. The average Bonchev–Trinajstić information content (AvgIpc) is 3.98. The average molecular weight is 1110 g/mol. The zero-order valence-electron chi connectivity index (χ0n) is 47.6. The monoisotopic (exact) mass is 1110 g/mol. The number of hydrogen-bond donors (Lipinski definition) is 3. The van der Waals surface area contributed by atoms with Crippen LogP contribution in [0.1, 0.15) is 93.3 Å². The molecule has 0 bridgehead atoms. The van der Waals surface area contributed by atoms with Gasteiger partial charge in [-0.25, -0.2) is 32.7 Å². The van der Waals surface area contributed by atoms with E-state index in [1.54, 1.807) is 57.4 Å². The van der Waals surface area contributed by atoms with Crippen molar-refractivity contribution in [3.63, 3.8) is 0 Å². The number of ether oxygens (including phenoxy) is 1. The molecule has 8 heterocycles. The van der Waals surface area contributed by atoms with Crippen LogP contribution in [0.25, 0.3) is 10.9 Å². The van der Waals surface area contributed by atoms with Gasteiger partial charge < -0.3 is 30.1 Å². The van der Waals surface area contributed by atoms with Crippen molar-refractivity contribution >= 4 is 55.8 Å². The molecular formula is C58H76FN15O5S. The number of nitrogens with zero attached hydrogens (tertiary/aromatic N) is 12. The Hall–Kier alpha value is -6.72. The number of nitrogens with one attached hydrogen (secondary N) is 3. The second kappa shape index (κ2) is 23.0. The molecule has 3 saturated heterocycles. The quantitative estimate of drug-likeness (QED) is 0.0959. The van der Waals surface area contributed by atoms with Crippen molar-refractivity contribution in [1.82, 2.24) is 60.0 Å². The number of rotatable bonds is 16. The van der Waals surface area contributed by atoms with E-state index in [1.165, 1.54) is 18.5 Å². The Morgan fingerprint density at radius 2 is 1.62 bits per heavy atom. The van der Waals surface area contributed by atoms with E-state index in [0.29, 0.717) is 92.8 Å². The number of anilines is 4.